The van der Waals surface area contributed by atoms with Crippen molar-refractivity contribution in [2.45, 2.75) is 0 Å². The van der Waals surface area contributed by atoms with Crippen LogP contribution in [0.4, 0.5) is 11.5 Å². The number of hydrogen-bond donors (Lipinski definition) is 3. The molecule has 1 aromatic heterocycles. The van der Waals surface area contributed by atoms with Crippen LogP contribution >= 0.6 is 12.2 Å². The summed E-state index contributed by atoms with van der Waals surface area (Å²) < 4.78 is 0.251. The molecule has 0 aliphatic rings. The number of nitrogens with zero attached hydrogens (tertiary/aromatic N) is 2. The predicted octanol–water partition coefficient (Wildman–Crippen LogP) is 3.47. The van der Waals surface area contributed by atoms with Gasteiger partial charge in [-0.2, -0.15) is 10.5 Å². The molecule has 0 bridgehead atoms. The van der Waals surface area contributed by atoms with Crippen LogP contribution < -0.4 is 11.5 Å². The summed E-state index contributed by atoms with van der Waals surface area (Å²) in [6.45, 7) is 0. The van der Waals surface area contributed by atoms with E-state index in [0.717, 1.165) is 5.56 Å². The molecule has 0 saturated carbocycles. The molecule has 1 heterocycles. The van der Waals surface area contributed by atoms with E-state index in [-0.39, 0.29) is 21.7 Å². The van der Waals surface area contributed by atoms with Crippen LogP contribution in [-0.4, -0.2) is 4.98 Å². The largest absolute Gasteiger partial charge is 0.397 e. The highest BCUT2D eigenvalue weighted by Gasteiger charge is 2.17. The number of anilines is 2. The molecule has 0 atom stereocenters. The Hall–Kier alpha value is -3.35. The molecule has 6 heteroatoms. The van der Waals surface area contributed by atoms with E-state index in [2.05, 4.69) is 17.1 Å². The van der Waals surface area contributed by atoms with Crippen LogP contribution in [0.5, 0.6) is 0 Å². The lowest BCUT2D eigenvalue weighted by atomic mass is 9.93. The van der Waals surface area contributed by atoms with Gasteiger partial charge in [0.05, 0.1) is 16.8 Å². The second kappa shape index (κ2) is 5.45. The fourth-order valence-electron chi connectivity index (χ4n) is 2.64. The van der Waals surface area contributed by atoms with Crippen LogP contribution in [0, 0.1) is 27.3 Å². The third-order valence-electron chi connectivity index (χ3n) is 3.69. The zero-order chi connectivity index (χ0) is 16.6. The van der Waals surface area contributed by atoms with Crippen LogP contribution in [0.15, 0.2) is 36.4 Å². The molecule has 110 valence electrons. The first-order valence-corrected chi connectivity index (χ1v) is 7.12. The van der Waals surface area contributed by atoms with Gasteiger partial charge in [0, 0.05) is 16.3 Å². The topological polar surface area (TPSA) is 115 Å². The minimum absolute atomic E-state index is 0.240. The molecule has 0 radical (unpaired) electrons. The van der Waals surface area contributed by atoms with Gasteiger partial charge < -0.3 is 16.5 Å². The molecule has 3 rings (SSSR count). The molecule has 0 fully saturated rings. The maximum Gasteiger partial charge on any atom is 0.123 e. The van der Waals surface area contributed by atoms with Crippen molar-refractivity contribution in [2.24, 2.45) is 0 Å². The van der Waals surface area contributed by atoms with Crippen molar-refractivity contribution < 1.29 is 0 Å². The van der Waals surface area contributed by atoms with Gasteiger partial charge in [0.25, 0.3) is 0 Å². The Bertz CT molecular complexity index is 1070. The van der Waals surface area contributed by atoms with Crippen LogP contribution in [0.25, 0.3) is 21.9 Å². The molecule has 23 heavy (non-hydrogen) atoms. The SMILES string of the molecule is N#Cc1c(-c2ccccc2)cc2c(C#N)c(=S)[nH]c(N)c2c1N. The number of nitrogens with two attached hydrogens (primary N) is 2. The molecule has 0 amide bonds. The summed E-state index contributed by atoms with van der Waals surface area (Å²) in [6.07, 6.45) is 0. The van der Waals surface area contributed by atoms with E-state index in [0.29, 0.717) is 21.9 Å². The van der Waals surface area contributed by atoms with Crippen molar-refractivity contribution >= 4 is 34.5 Å². The number of aromatic amines is 1. The number of hydrogen-bond acceptors (Lipinski definition) is 5. The highest BCUT2D eigenvalue weighted by atomic mass is 32.1. The number of benzene rings is 2. The summed E-state index contributed by atoms with van der Waals surface area (Å²) in [5, 5.41) is 19.9. The number of nitrogen functional groups attached to an aromatic ring is 2. The number of rotatable bonds is 1. The highest BCUT2D eigenvalue weighted by Crippen LogP contribution is 2.37. The maximum absolute atomic E-state index is 9.53. The van der Waals surface area contributed by atoms with Gasteiger partial charge in [0.2, 0.25) is 0 Å². The fourth-order valence-corrected chi connectivity index (χ4v) is 2.90. The monoisotopic (exact) mass is 317 g/mol. The summed E-state index contributed by atoms with van der Waals surface area (Å²) in [5.74, 6) is 0.248. The van der Waals surface area contributed by atoms with E-state index in [4.69, 9.17) is 23.7 Å². The number of nitriles is 2. The average molecular weight is 317 g/mol. The summed E-state index contributed by atoms with van der Waals surface area (Å²) in [7, 11) is 0. The predicted molar refractivity (Wildman–Crippen MR) is 92.8 cm³/mol. The van der Waals surface area contributed by atoms with Crippen LogP contribution in [-0.2, 0) is 0 Å². The number of fused-ring (bicyclic) bond motifs is 1. The van der Waals surface area contributed by atoms with E-state index in [1.165, 1.54) is 0 Å². The van der Waals surface area contributed by atoms with Gasteiger partial charge in [0.15, 0.2) is 0 Å². The van der Waals surface area contributed by atoms with Gasteiger partial charge in [-0.1, -0.05) is 42.5 Å². The first-order valence-electron chi connectivity index (χ1n) is 6.72. The van der Waals surface area contributed by atoms with Gasteiger partial charge in [-0.15, -0.1) is 0 Å². The van der Waals surface area contributed by atoms with Gasteiger partial charge in [-0.3, -0.25) is 0 Å². The Balaban J connectivity index is 2.57. The first-order chi connectivity index (χ1) is 11.1. The molecular weight excluding hydrogens is 306 g/mol. The van der Waals surface area contributed by atoms with Crippen molar-refractivity contribution in [1.82, 2.24) is 4.98 Å². The summed E-state index contributed by atoms with van der Waals surface area (Å²) in [5.41, 5.74) is 14.5. The van der Waals surface area contributed by atoms with E-state index >= 15 is 0 Å². The lowest BCUT2D eigenvalue weighted by Gasteiger charge is -2.13. The standard InChI is InChI=1S/C17H11N5S/c18-7-12-10(9-4-2-1-3-5-9)6-11-13(8-19)17(23)22-16(21)14(11)15(12)20/h1-6H,20H2,(H3,21,22,23). The molecular formula is C17H11N5S. The number of aromatic nitrogens is 1. The normalized spacial score (nSPS) is 10.2. The number of nitrogens with one attached hydrogen (secondary N) is 1. The van der Waals surface area contributed by atoms with E-state index < -0.39 is 0 Å². The fraction of sp³-hybridized carbons (Fsp3) is 0. The Labute approximate surface area is 137 Å². The highest BCUT2D eigenvalue weighted by molar-refractivity contribution is 7.71. The summed E-state index contributed by atoms with van der Waals surface area (Å²) >= 11 is 5.17. The quantitative estimate of drug-likeness (QED) is 0.469. The molecule has 0 aliphatic carbocycles. The van der Waals surface area contributed by atoms with Crippen LogP contribution in [0.2, 0.25) is 0 Å². The molecule has 0 spiro atoms. The Morgan fingerprint density at radius 3 is 2.26 bits per heavy atom. The van der Waals surface area contributed by atoms with Crippen molar-refractivity contribution in [2.75, 3.05) is 11.5 Å². The van der Waals surface area contributed by atoms with Crippen LogP contribution in [0.3, 0.4) is 0 Å². The van der Waals surface area contributed by atoms with E-state index in [1.807, 2.05) is 30.3 Å². The zero-order valence-corrected chi connectivity index (χ0v) is 12.7. The van der Waals surface area contributed by atoms with Crippen LogP contribution in [0.1, 0.15) is 11.1 Å². The number of H-pyrrole nitrogens is 1. The zero-order valence-electron chi connectivity index (χ0n) is 11.9. The molecule has 0 saturated heterocycles. The van der Waals surface area contributed by atoms with Crippen molar-refractivity contribution in [3.8, 4) is 23.3 Å². The Morgan fingerprint density at radius 2 is 1.65 bits per heavy atom. The van der Waals surface area contributed by atoms with Gasteiger partial charge >= 0.3 is 0 Å². The van der Waals surface area contributed by atoms with Gasteiger partial charge in [-0.25, -0.2) is 0 Å². The molecule has 5 nitrogen and oxygen atoms in total. The third kappa shape index (κ3) is 2.18. The lowest BCUT2D eigenvalue weighted by molar-refractivity contribution is 1.31. The summed E-state index contributed by atoms with van der Waals surface area (Å²) in [6, 6.07) is 15.3. The van der Waals surface area contributed by atoms with Crippen molar-refractivity contribution in [1.29, 1.82) is 10.5 Å². The molecule has 0 aliphatic heterocycles. The molecule has 2 aromatic carbocycles. The maximum atomic E-state index is 9.53. The second-order valence-electron chi connectivity index (χ2n) is 4.97. The third-order valence-corrected chi connectivity index (χ3v) is 3.99. The molecule has 5 N–H and O–H groups in total. The lowest BCUT2D eigenvalue weighted by Crippen LogP contribution is -2.02. The minimum atomic E-state index is 0.240. The van der Waals surface area contributed by atoms with E-state index in [1.54, 1.807) is 6.07 Å². The summed E-state index contributed by atoms with van der Waals surface area (Å²) in [4.78, 5) is 2.76. The van der Waals surface area contributed by atoms with Crippen molar-refractivity contribution in [3.63, 3.8) is 0 Å². The number of pyridine rings is 1. The average Bonchev–Trinajstić information content (AvgIpc) is 2.55. The Morgan fingerprint density at radius 1 is 1.00 bits per heavy atom. The molecule has 3 aromatic rings. The smallest absolute Gasteiger partial charge is 0.123 e. The first kappa shape index (κ1) is 14.6. The van der Waals surface area contributed by atoms with Crippen molar-refractivity contribution in [3.05, 3.63) is 52.2 Å². The minimum Gasteiger partial charge on any atom is -0.397 e. The molecule has 0 unspecified atom stereocenters. The van der Waals surface area contributed by atoms with Gasteiger partial charge in [-0.05, 0) is 11.6 Å². The Kier molecular flexibility index (Phi) is 3.46. The van der Waals surface area contributed by atoms with Gasteiger partial charge in [0.1, 0.15) is 22.6 Å². The van der Waals surface area contributed by atoms with E-state index in [9.17, 15) is 10.5 Å². The second-order valence-corrected chi connectivity index (χ2v) is 5.38.